The summed E-state index contributed by atoms with van der Waals surface area (Å²) in [4.78, 5) is 15.2. The van der Waals surface area contributed by atoms with Gasteiger partial charge in [-0.1, -0.05) is 0 Å². The number of pyridine rings is 1. The van der Waals surface area contributed by atoms with E-state index in [4.69, 9.17) is 4.74 Å². The highest BCUT2D eigenvalue weighted by molar-refractivity contribution is 7.99. The summed E-state index contributed by atoms with van der Waals surface area (Å²) in [7, 11) is 0. The Labute approximate surface area is 146 Å². The molecule has 0 aliphatic rings. The molecule has 0 bridgehead atoms. The van der Waals surface area contributed by atoms with E-state index in [9.17, 15) is 18.0 Å². The van der Waals surface area contributed by atoms with Crippen LogP contribution >= 0.6 is 11.8 Å². The third kappa shape index (κ3) is 7.04. The largest absolute Gasteiger partial charge is 0.449 e. The highest BCUT2D eigenvalue weighted by Crippen LogP contribution is 2.29. The number of alkyl carbamates (subject to hydrolysis) is 1. The number of amides is 1. The molecule has 2 rings (SSSR count). The first kappa shape index (κ1) is 19.1. The number of aryl methyl sites for hydroxylation is 1. The average molecular weight is 374 g/mol. The predicted octanol–water partition coefficient (Wildman–Crippen LogP) is 3.21. The van der Waals surface area contributed by atoms with Crippen LogP contribution in [0, 0.1) is 0 Å². The third-order valence-corrected chi connectivity index (χ3v) is 3.93. The van der Waals surface area contributed by atoms with Crippen LogP contribution in [0.2, 0.25) is 0 Å². The fourth-order valence-corrected chi connectivity index (χ4v) is 2.50. The number of hydrogen-bond acceptors (Lipinski definition) is 5. The molecular weight excluding hydrogens is 357 g/mol. The van der Waals surface area contributed by atoms with E-state index in [-0.39, 0.29) is 6.61 Å². The van der Waals surface area contributed by atoms with Crippen molar-refractivity contribution in [1.82, 2.24) is 20.1 Å². The van der Waals surface area contributed by atoms with Gasteiger partial charge in [-0.15, -0.1) is 11.8 Å². The molecule has 136 valence electrons. The summed E-state index contributed by atoms with van der Waals surface area (Å²) in [5.41, 5.74) is -0.789. The lowest BCUT2D eigenvalue weighted by Crippen LogP contribution is -2.26. The van der Waals surface area contributed by atoms with Gasteiger partial charge in [-0.05, 0) is 24.6 Å². The maximum atomic E-state index is 12.4. The fourth-order valence-electron chi connectivity index (χ4n) is 1.83. The molecule has 6 nitrogen and oxygen atoms in total. The second-order valence-corrected chi connectivity index (χ2v) is 6.03. The van der Waals surface area contributed by atoms with E-state index in [1.165, 1.54) is 17.8 Å². The summed E-state index contributed by atoms with van der Waals surface area (Å²) in [5, 5.41) is 7.10. The number of thioether (sulfide) groups is 1. The molecule has 1 amide bonds. The second kappa shape index (κ2) is 9.30. The third-order valence-electron chi connectivity index (χ3n) is 3.02. The zero-order chi connectivity index (χ0) is 18.1. The number of hydrogen-bond donors (Lipinski definition) is 1. The van der Waals surface area contributed by atoms with E-state index in [1.807, 2.05) is 12.3 Å². The van der Waals surface area contributed by atoms with Crippen molar-refractivity contribution in [2.45, 2.75) is 24.2 Å². The summed E-state index contributed by atoms with van der Waals surface area (Å²) < 4.78 is 44.0. The van der Waals surface area contributed by atoms with Crippen LogP contribution in [-0.4, -0.2) is 39.8 Å². The van der Waals surface area contributed by atoms with Crippen molar-refractivity contribution in [3.63, 3.8) is 0 Å². The molecule has 0 aliphatic carbocycles. The standard InChI is InChI=1S/C15H17F3N4O2S/c16-15(17,18)12-3-4-13(20-11-12)25-10-9-24-14(23)19-5-1-7-22-8-2-6-21-22/h2-4,6,8,11H,1,5,7,9-10H2,(H,19,23). The first-order valence-corrected chi connectivity index (χ1v) is 8.48. The molecule has 1 N–H and O–H groups in total. The highest BCUT2D eigenvalue weighted by Gasteiger charge is 2.30. The first-order valence-electron chi connectivity index (χ1n) is 7.49. The van der Waals surface area contributed by atoms with Gasteiger partial charge < -0.3 is 10.1 Å². The summed E-state index contributed by atoms with van der Waals surface area (Å²) >= 11 is 1.21. The number of halogens is 3. The van der Waals surface area contributed by atoms with Gasteiger partial charge in [0.25, 0.3) is 0 Å². The lowest BCUT2D eigenvalue weighted by molar-refractivity contribution is -0.137. The van der Waals surface area contributed by atoms with Crippen molar-refractivity contribution < 1.29 is 22.7 Å². The number of ether oxygens (including phenoxy) is 1. The molecule has 2 heterocycles. The second-order valence-electron chi connectivity index (χ2n) is 4.92. The first-order chi connectivity index (χ1) is 11.9. The van der Waals surface area contributed by atoms with Crippen LogP contribution in [0.15, 0.2) is 41.8 Å². The van der Waals surface area contributed by atoms with Crippen molar-refractivity contribution >= 4 is 17.9 Å². The van der Waals surface area contributed by atoms with Gasteiger partial charge in [0.1, 0.15) is 6.61 Å². The van der Waals surface area contributed by atoms with E-state index >= 15 is 0 Å². The smallest absolute Gasteiger partial charge is 0.417 e. The number of nitrogens with one attached hydrogen (secondary N) is 1. The molecule has 0 radical (unpaired) electrons. The molecule has 25 heavy (non-hydrogen) atoms. The normalized spacial score (nSPS) is 11.3. The van der Waals surface area contributed by atoms with Gasteiger partial charge >= 0.3 is 12.3 Å². The maximum Gasteiger partial charge on any atom is 0.417 e. The SMILES string of the molecule is O=C(NCCCn1cccn1)OCCSc1ccc(C(F)(F)F)cn1. The molecule has 0 aliphatic heterocycles. The minimum Gasteiger partial charge on any atom is -0.449 e. The van der Waals surface area contributed by atoms with E-state index in [0.29, 0.717) is 23.9 Å². The lowest BCUT2D eigenvalue weighted by atomic mass is 10.3. The quantitative estimate of drug-likeness (QED) is 0.568. The Balaban J connectivity index is 1.55. The number of carbonyl (C=O) groups excluding carboxylic acids is 1. The molecule has 0 aromatic carbocycles. The summed E-state index contributed by atoms with van der Waals surface area (Å²) in [5.74, 6) is 0.402. The maximum absolute atomic E-state index is 12.4. The van der Waals surface area contributed by atoms with Crippen LogP contribution < -0.4 is 5.32 Å². The van der Waals surface area contributed by atoms with Crippen molar-refractivity contribution in [2.75, 3.05) is 18.9 Å². The number of nitrogens with zero attached hydrogens (tertiary/aromatic N) is 3. The van der Waals surface area contributed by atoms with Crippen LogP contribution in [0.1, 0.15) is 12.0 Å². The Morgan fingerprint density at radius 1 is 1.36 bits per heavy atom. The molecule has 0 spiro atoms. The monoisotopic (exact) mass is 374 g/mol. The molecule has 0 unspecified atom stereocenters. The summed E-state index contributed by atoms with van der Waals surface area (Å²) in [6.07, 6.45) is 0.113. The molecule has 0 fully saturated rings. The van der Waals surface area contributed by atoms with E-state index < -0.39 is 17.8 Å². The average Bonchev–Trinajstić information content (AvgIpc) is 3.09. The van der Waals surface area contributed by atoms with Crippen molar-refractivity contribution in [3.8, 4) is 0 Å². The summed E-state index contributed by atoms with van der Waals surface area (Å²) in [6, 6.07) is 4.09. The molecular formula is C15H17F3N4O2S. The number of aromatic nitrogens is 3. The Morgan fingerprint density at radius 2 is 2.20 bits per heavy atom. The Bertz CT molecular complexity index is 648. The Hall–Kier alpha value is -2.23. The molecule has 0 saturated heterocycles. The Morgan fingerprint density at radius 3 is 2.84 bits per heavy atom. The van der Waals surface area contributed by atoms with Crippen LogP contribution in [0.25, 0.3) is 0 Å². The van der Waals surface area contributed by atoms with Crippen molar-refractivity contribution in [2.24, 2.45) is 0 Å². The summed E-state index contributed by atoms with van der Waals surface area (Å²) in [6.45, 7) is 1.30. The fraction of sp³-hybridized carbons (Fsp3) is 0.400. The minimum atomic E-state index is -4.39. The predicted molar refractivity (Wildman–Crippen MR) is 86.2 cm³/mol. The van der Waals surface area contributed by atoms with Gasteiger partial charge in [0.2, 0.25) is 0 Å². The van der Waals surface area contributed by atoms with Gasteiger partial charge in [-0.2, -0.15) is 18.3 Å². The van der Waals surface area contributed by atoms with Gasteiger partial charge in [0.05, 0.1) is 10.6 Å². The van der Waals surface area contributed by atoms with E-state index in [1.54, 1.807) is 10.9 Å². The van der Waals surface area contributed by atoms with Gasteiger partial charge in [-0.3, -0.25) is 4.68 Å². The van der Waals surface area contributed by atoms with Crippen molar-refractivity contribution in [3.05, 3.63) is 42.4 Å². The highest BCUT2D eigenvalue weighted by atomic mass is 32.2. The molecule has 2 aromatic rings. The van der Waals surface area contributed by atoms with Crippen LogP contribution in [-0.2, 0) is 17.5 Å². The number of alkyl halides is 3. The van der Waals surface area contributed by atoms with Gasteiger partial charge in [0, 0.05) is 37.4 Å². The molecule has 0 saturated carbocycles. The molecule has 2 aromatic heterocycles. The molecule has 10 heteroatoms. The minimum absolute atomic E-state index is 0.137. The van der Waals surface area contributed by atoms with E-state index in [2.05, 4.69) is 15.4 Å². The van der Waals surface area contributed by atoms with Crippen LogP contribution in [0.4, 0.5) is 18.0 Å². The van der Waals surface area contributed by atoms with E-state index in [0.717, 1.165) is 18.7 Å². The van der Waals surface area contributed by atoms with Crippen LogP contribution in [0.5, 0.6) is 0 Å². The number of carbonyl (C=O) groups is 1. The van der Waals surface area contributed by atoms with Crippen molar-refractivity contribution in [1.29, 1.82) is 0 Å². The van der Waals surface area contributed by atoms with Gasteiger partial charge in [-0.25, -0.2) is 9.78 Å². The van der Waals surface area contributed by atoms with Gasteiger partial charge in [0.15, 0.2) is 0 Å². The van der Waals surface area contributed by atoms with Crippen LogP contribution in [0.3, 0.4) is 0 Å². The number of rotatable bonds is 8. The zero-order valence-electron chi connectivity index (χ0n) is 13.2. The molecule has 0 atom stereocenters. The topological polar surface area (TPSA) is 69.0 Å². The Kier molecular flexibility index (Phi) is 7.11. The lowest BCUT2D eigenvalue weighted by Gasteiger charge is -2.08. The zero-order valence-corrected chi connectivity index (χ0v) is 14.0.